The standard InChI is InChI=1S/C14H10N4O3/c15-13-9(14(19)20)6-8(10-3-4-16-7-17-10)12(18-13)11-2-1-5-21-11/h1-7H,(H2,15,18)(H,19,20). The first-order valence-corrected chi connectivity index (χ1v) is 6.01. The molecule has 0 bridgehead atoms. The number of aromatic carboxylic acids is 1. The van der Waals surface area contributed by atoms with E-state index in [0.29, 0.717) is 22.7 Å². The lowest BCUT2D eigenvalue weighted by molar-refractivity contribution is 0.0698. The lowest BCUT2D eigenvalue weighted by Crippen LogP contribution is -2.07. The summed E-state index contributed by atoms with van der Waals surface area (Å²) in [6.07, 6.45) is 4.44. The number of hydrogen-bond acceptors (Lipinski definition) is 6. The molecule has 0 atom stereocenters. The molecule has 7 heteroatoms. The van der Waals surface area contributed by atoms with Crippen molar-refractivity contribution in [1.29, 1.82) is 0 Å². The van der Waals surface area contributed by atoms with E-state index in [-0.39, 0.29) is 11.4 Å². The summed E-state index contributed by atoms with van der Waals surface area (Å²) in [5.74, 6) is -0.750. The minimum atomic E-state index is -1.15. The van der Waals surface area contributed by atoms with Gasteiger partial charge in [0.1, 0.15) is 23.4 Å². The second kappa shape index (κ2) is 5.04. The van der Waals surface area contributed by atoms with Gasteiger partial charge in [-0.25, -0.2) is 19.7 Å². The predicted molar refractivity (Wildman–Crippen MR) is 74.3 cm³/mol. The highest BCUT2D eigenvalue weighted by atomic mass is 16.4. The topological polar surface area (TPSA) is 115 Å². The first-order valence-electron chi connectivity index (χ1n) is 6.01. The molecule has 3 rings (SSSR count). The van der Waals surface area contributed by atoms with Crippen LogP contribution in [0.5, 0.6) is 0 Å². The molecule has 3 N–H and O–H groups in total. The lowest BCUT2D eigenvalue weighted by Gasteiger charge is -2.09. The van der Waals surface area contributed by atoms with Gasteiger partial charge in [0.05, 0.1) is 12.0 Å². The van der Waals surface area contributed by atoms with Crippen LogP contribution in [0.1, 0.15) is 10.4 Å². The first-order chi connectivity index (χ1) is 10.2. The van der Waals surface area contributed by atoms with Gasteiger partial charge < -0.3 is 15.3 Å². The highest BCUT2D eigenvalue weighted by molar-refractivity contribution is 5.96. The molecular weight excluding hydrogens is 272 g/mol. The van der Waals surface area contributed by atoms with E-state index in [1.165, 1.54) is 18.7 Å². The van der Waals surface area contributed by atoms with Crippen LogP contribution in [0.15, 0.2) is 47.5 Å². The molecule has 0 aliphatic rings. The summed E-state index contributed by atoms with van der Waals surface area (Å²) in [5, 5.41) is 9.18. The Morgan fingerprint density at radius 1 is 1.33 bits per heavy atom. The number of carboxylic acid groups (broad SMARTS) is 1. The Kier molecular flexibility index (Phi) is 3.07. The van der Waals surface area contributed by atoms with Crippen molar-refractivity contribution in [3.63, 3.8) is 0 Å². The quantitative estimate of drug-likeness (QED) is 0.755. The molecule has 0 aromatic carbocycles. The zero-order valence-corrected chi connectivity index (χ0v) is 10.7. The number of nitrogens with two attached hydrogens (primary N) is 1. The molecule has 0 spiro atoms. The van der Waals surface area contributed by atoms with Crippen molar-refractivity contribution < 1.29 is 14.3 Å². The molecule has 104 valence electrons. The summed E-state index contributed by atoms with van der Waals surface area (Å²) in [7, 11) is 0. The van der Waals surface area contributed by atoms with Crippen LogP contribution in [-0.4, -0.2) is 26.0 Å². The van der Waals surface area contributed by atoms with Crippen molar-refractivity contribution in [2.75, 3.05) is 5.73 Å². The van der Waals surface area contributed by atoms with E-state index < -0.39 is 5.97 Å². The van der Waals surface area contributed by atoms with Gasteiger partial charge in [0.25, 0.3) is 0 Å². The molecule has 0 saturated carbocycles. The maximum atomic E-state index is 11.2. The Morgan fingerprint density at radius 3 is 2.81 bits per heavy atom. The van der Waals surface area contributed by atoms with Gasteiger partial charge in [0, 0.05) is 11.8 Å². The normalized spacial score (nSPS) is 10.5. The van der Waals surface area contributed by atoms with Crippen LogP contribution in [0, 0.1) is 0 Å². The maximum Gasteiger partial charge on any atom is 0.339 e. The monoisotopic (exact) mass is 282 g/mol. The number of pyridine rings is 1. The Labute approximate surface area is 119 Å². The van der Waals surface area contributed by atoms with E-state index in [2.05, 4.69) is 15.0 Å². The van der Waals surface area contributed by atoms with E-state index in [0.717, 1.165) is 0 Å². The van der Waals surface area contributed by atoms with Crippen LogP contribution in [0.25, 0.3) is 22.7 Å². The lowest BCUT2D eigenvalue weighted by atomic mass is 10.0. The highest BCUT2D eigenvalue weighted by Gasteiger charge is 2.19. The zero-order chi connectivity index (χ0) is 14.8. The summed E-state index contributed by atoms with van der Waals surface area (Å²) in [6, 6.07) is 6.52. The largest absolute Gasteiger partial charge is 0.478 e. The minimum Gasteiger partial charge on any atom is -0.478 e. The summed E-state index contributed by atoms with van der Waals surface area (Å²) < 4.78 is 5.33. The number of hydrogen-bond donors (Lipinski definition) is 2. The highest BCUT2D eigenvalue weighted by Crippen LogP contribution is 2.32. The van der Waals surface area contributed by atoms with E-state index in [1.54, 1.807) is 24.4 Å². The number of nitrogen functional groups attached to an aromatic ring is 1. The number of anilines is 1. The molecule has 0 aliphatic heterocycles. The third kappa shape index (κ3) is 2.32. The molecule has 0 fully saturated rings. The van der Waals surface area contributed by atoms with Crippen LogP contribution in [0.4, 0.5) is 5.82 Å². The molecule has 0 radical (unpaired) electrons. The Hall–Kier alpha value is -3.22. The third-order valence-electron chi connectivity index (χ3n) is 2.89. The van der Waals surface area contributed by atoms with Crippen molar-refractivity contribution in [3.05, 3.63) is 48.6 Å². The number of rotatable bonds is 3. The van der Waals surface area contributed by atoms with Crippen LogP contribution in [-0.2, 0) is 0 Å². The van der Waals surface area contributed by atoms with Crippen molar-refractivity contribution in [2.24, 2.45) is 0 Å². The molecule has 21 heavy (non-hydrogen) atoms. The molecule has 3 heterocycles. The van der Waals surface area contributed by atoms with E-state index in [4.69, 9.17) is 10.2 Å². The fourth-order valence-corrected chi connectivity index (χ4v) is 1.95. The van der Waals surface area contributed by atoms with Gasteiger partial charge in [-0.1, -0.05) is 0 Å². The molecule has 7 nitrogen and oxygen atoms in total. The number of carbonyl (C=O) groups is 1. The number of aromatic nitrogens is 3. The summed E-state index contributed by atoms with van der Waals surface area (Å²) >= 11 is 0. The van der Waals surface area contributed by atoms with E-state index in [9.17, 15) is 9.90 Å². The molecular formula is C14H10N4O3. The SMILES string of the molecule is Nc1nc(-c2ccco2)c(-c2ccncn2)cc1C(=O)O. The Balaban J connectivity index is 2.29. The Morgan fingerprint density at radius 2 is 2.19 bits per heavy atom. The fraction of sp³-hybridized carbons (Fsp3) is 0. The van der Waals surface area contributed by atoms with Crippen LogP contribution >= 0.6 is 0 Å². The summed E-state index contributed by atoms with van der Waals surface area (Å²) in [4.78, 5) is 23.3. The van der Waals surface area contributed by atoms with Gasteiger partial charge in [-0.2, -0.15) is 0 Å². The van der Waals surface area contributed by atoms with E-state index in [1.807, 2.05) is 0 Å². The molecule has 0 saturated heterocycles. The van der Waals surface area contributed by atoms with Crippen molar-refractivity contribution in [2.45, 2.75) is 0 Å². The van der Waals surface area contributed by atoms with E-state index >= 15 is 0 Å². The first kappa shape index (κ1) is 12.8. The molecule has 3 aromatic rings. The van der Waals surface area contributed by atoms with Crippen molar-refractivity contribution >= 4 is 11.8 Å². The average Bonchev–Trinajstić information content (AvgIpc) is 3.01. The second-order valence-corrected chi connectivity index (χ2v) is 4.19. The van der Waals surface area contributed by atoms with Crippen LogP contribution < -0.4 is 5.73 Å². The maximum absolute atomic E-state index is 11.2. The van der Waals surface area contributed by atoms with Gasteiger partial charge >= 0.3 is 5.97 Å². The van der Waals surface area contributed by atoms with Gasteiger partial charge in [0.2, 0.25) is 0 Å². The number of furan rings is 1. The van der Waals surface area contributed by atoms with Gasteiger partial charge in [-0.05, 0) is 24.3 Å². The van der Waals surface area contributed by atoms with Crippen molar-refractivity contribution in [1.82, 2.24) is 15.0 Å². The Bertz CT molecular complexity index is 785. The smallest absolute Gasteiger partial charge is 0.339 e. The van der Waals surface area contributed by atoms with Gasteiger partial charge in [-0.15, -0.1) is 0 Å². The third-order valence-corrected chi connectivity index (χ3v) is 2.89. The zero-order valence-electron chi connectivity index (χ0n) is 10.7. The van der Waals surface area contributed by atoms with Crippen LogP contribution in [0.3, 0.4) is 0 Å². The summed E-state index contributed by atoms with van der Waals surface area (Å²) in [5.41, 5.74) is 7.10. The van der Waals surface area contributed by atoms with Crippen LogP contribution in [0.2, 0.25) is 0 Å². The average molecular weight is 282 g/mol. The molecule has 3 aromatic heterocycles. The number of carboxylic acids is 1. The molecule has 0 aliphatic carbocycles. The number of nitrogens with zero attached hydrogens (tertiary/aromatic N) is 3. The molecule has 0 unspecified atom stereocenters. The van der Waals surface area contributed by atoms with Crippen molar-refractivity contribution in [3.8, 4) is 22.7 Å². The minimum absolute atomic E-state index is 0.0771. The predicted octanol–water partition coefficient (Wildman–Crippen LogP) is 2.08. The fourth-order valence-electron chi connectivity index (χ4n) is 1.95. The summed E-state index contributed by atoms with van der Waals surface area (Å²) in [6.45, 7) is 0. The molecule has 0 amide bonds. The van der Waals surface area contributed by atoms with Gasteiger partial charge in [-0.3, -0.25) is 0 Å². The second-order valence-electron chi connectivity index (χ2n) is 4.19. The van der Waals surface area contributed by atoms with Gasteiger partial charge in [0.15, 0.2) is 5.76 Å².